The highest BCUT2D eigenvalue weighted by Gasteiger charge is 2.39. The normalized spacial score (nSPS) is 41.8. The minimum absolute atomic E-state index is 0.154. The highest BCUT2D eigenvalue weighted by atomic mass is 32.2. The SMILES string of the molecule is C[C@@H]1CC[C@H]2S[C@@H]1CC[C@H]2O[N+](=O)[O-]. The molecule has 0 amide bonds. The van der Waals surface area contributed by atoms with Gasteiger partial charge in [-0.2, -0.15) is 11.8 Å². The molecule has 2 saturated heterocycles. The van der Waals surface area contributed by atoms with Crippen LogP contribution in [0.25, 0.3) is 0 Å². The van der Waals surface area contributed by atoms with Crippen molar-refractivity contribution in [3.8, 4) is 0 Å². The molecule has 2 aliphatic heterocycles. The first-order valence-corrected chi connectivity index (χ1v) is 6.07. The van der Waals surface area contributed by atoms with E-state index in [1.807, 2.05) is 11.8 Å². The van der Waals surface area contributed by atoms with Crippen LogP contribution in [-0.2, 0) is 4.84 Å². The van der Waals surface area contributed by atoms with Crippen molar-refractivity contribution in [1.29, 1.82) is 0 Å². The molecule has 80 valence electrons. The molecule has 0 aromatic rings. The molecule has 0 aliphatic carbocycles. The van der Waals surface area contributed by atoms with Crippen LogP contribution in [0.3, 0.4) is 0 Å². The molecular weight excluding hydrogens is 202 g/mol. The Morgan fingerprint density at radius 3 is 2.71 bits per heavy atom. The Morgan fingerprint density at radius 2 is 2.00 bits per heavy atom. The van der Waals surface area contributed by atoms with Gasteiger partial charge in [-0.1, -0.05) is 6.92 Å². The van der Waals surface area contributed by atoms with Crippen LogP contribution < -0.4 is 0 Å². The van der Waals surface area contributed by atoms with Gasteiger partial charge in [0.15, 0.2) is 0 Å². The van der Waals surface area contributed by atoms with Gasteiger partial charge >= 0.3 is 0 Å². The van der Waals surface area contributed by atoms with Crippen LogP contribution in [0.4, 0.5) is 0 Å². The van der Waals surface area contributed by atoms with E-state index >= 15 is 0 Å². The van der Waals surface area contributed by atoms with Crippen LogP contribution in [0.5, 0.6) is 0 Å². The fourth-order valence-electron chi connectivity index (χ4n) is 2.41. The van der Waals surface area contributed by atoms with Crippen molar-refractivity contribution in [2.45, 2.75) is 49.2 Å². The monoisotopic (exact) mass is 217 g/mol. The average molecular weight is 217 g/mol. The molecule has 5 heteroatoms. The summed E-state index contributed by atoms with van der Waals surface area (Å²) in [5, 5.41) is 10.7. The molecular formula is C9H15NO3S. The standard InChI is InChI=1S/C9H15NO3S/c1-6-2-4-9-7(13-10(11)12)3-5-8(6)14-9/h6-9H,2-5H2,1H3/t6-,7-,8-,9-/m1/s1. The lowest BCUT2D eigenvalue weighted by atomic mass is 9.89. The van der Waals surface area contributed by atoms with Crippen LogP contribution in [0.1, 0.15) is 32.6 Å². The quantitative estimate of drug-likeness (QED) is 0.526. The Morgan fingerprint density at radius 1 is 1.29 bits per heavy atom. The van der Waals surface area contributed by atoms with Crippen LogP contribution in [0.2, 0.25) is 0 Å². The third-order valence-electron chi connectivity index (χ3n) is 3.26. The number of rotatable bonds is 2. The van der Waals surface area contributed by atoms with Gasteiger partial charge in [-0.15, -0.1) is 10.1 Å². The van der Waals surface area contributed by atoms with Crippen molar-refractivity contribution in [2.24, 2.45) is 5.92 Å². The van der Waals surface area contributed by atoms with Crippen LogP contribution in [0.15, 0.2) is 0 Å². The van der Waals surface area contributed by atoms with Crippen molar-refractivity contribution in [2.75, 3.05) is 0 Å². The summed E-state index contributed by atoms with van der Waals surface area (Å²) < 4.78 is 0. The fraction of sp³-hybridized carbons (Fsp3) is 1.00. The summed E-state index contributed by atoms with van der Waals surface area (Å²) in [7, 11) is 0. The van der Waals surface area contributed by atoms with Gasteiger partial charge in [0, 0.05) is 10.5 Å². The maximum atomic E-state index is 10.3. The molecule has 2 heterocycles. The van der Waals surface area contributed by atoms with Crippen molar-refractivity contribution in [1.82, 2.24) is 0 Å². The van der Waals surface area contributed by atoms with Crippen LogP contribution >= 0.6 is 11.8 Å². The van der Waals surface area contributed by atoms with Crippen LogP contribution in [0, 0.1) is 16.0 Å². The third kappa shape index (κ3) is 1.97. The van der Waals surface area contributed by atoms with Gasteiger partial charge in [0.25, 0.3) is 5.09 Å². The van der Waals surface area contributed by atoms with E-state index in [0.717, 1.165) is 25.2 Å². The maximum absolute atomic E-state index is 10.3. The van der Waals surface area contributed by atoms with Crippen molar-refractivity contribution in [3.63, 3.8) is 0 Å². The third-order valence-corrected chi connectivity index (χ3v) is 5.20. The van der Waals surface area contributed by atoms with Gasteiger partial charge < -0.3 is 4.84 Å². The van der Waals surface area contributed by atoms with E-state index in [4.69, 9.17) is 4.84 Å². The number of hydrogen-bond donors (Lipinski definition) is 0. The highest BCUT2D eigenvalue weighted by Crippen LogP contribution is 2.45. The van der Waals surface area contributed by atoms with E-state index in [-0.39, 0.29) is 6.10 Å². The summed E-state index contributed by atoms with van der Waals surface area (Å²) in [6.07, 6.45) is 4.04. The van der Waals surface area contributed by atoms with E-state index < -0.39 is 5.09 Å². The zero-order valence-electron chi connectivity index (χ0n) is 8.22. The lowest BCUT2D eigenvalue weighted by molar-refractivity contribution is -0.768. The molecule has 0 N–H and O–H groups in total. The van der Waals surface area contributed by atoms with Gasteiger partial charge in [0.2, 0.25) is 0 Å². The van der Waals surface area contributed by atoms with Gasteiger partial charge in [-0.3, -0.25) is 0 Å². The van der Waals surface area contributed by atoms with Crippen LogP contribution in [-0.4, -0.2) is 21.7 Å². The average Bonchev–Trinajstić information content (AvgIpc) is 2.14. The van der Waals surface area contributed by atoms with Gasteiger partial charge in [-0.25, -0.2) is 0 Å². The summed E-state index contributed by atoms with van der Waals surface area (Å²) in [4.78, 5) is 15.0. The summed E-state index contributed by atoms with van der Waals surface area (Å²) in [5.74, 6) is 0.771. The Kier molecular flexibility index (Phi) is 2.85. The summed E-state index contributed by atoms with van der Waals surface area (Å²) >= 11 is 1.90. The predicted molar refractivity (Wildman–Crippen MR) is 54.7 cm³/mol. The minimum atomic E-state index is -0.635. The molecule has 0 unspecified atom stereocenters. The second kappa shape index (κ2) is 3.96. The molecule has 2 aliphatic rings. The van der Waals surface area contributed by atoms with Crippen molar-refractivity contribution < 1.29 is 9.92 Å². The number of thioether (sulfide) groups is 1. The van der Waals surface area contributed by atoms with E-state index in [1.54, 1.807) is 0 Å². The van der Waals surface area contributed by atoms with E-state index in [9.17, 15) is 10.1 Å². The Bertz CT molecular complexity index is 236. The highest BCUT2D eigenvalue weighted by molar-refractivity contribution is 8.00. The largest absolute Gasteiger partial charge is 0.309 e. The molecule has 0 spiro atoms. The van der Waals surface area contributed by atoms with E-state index in [2.05, 4.69) is 6.92 Å². The smallest absolute Gasteiger partial charge is 0.294 e. The van der Waals surface area contributed by atoms with Gasteiger partial charge in [-0.05, 0) is 31.6 Å². The number of hydrogen-bond acceptors (Lipinski definition) is 4. The topological polar surface area (TPSA) is 52.4 Å². The molecule has 0 aromatic carbocycles. The zero-order chi connectivity index (χ0) is 10.1. The fourth-order valence-corrected chi connectivity index (χ4v) is 4.17. The first-order chi connectivity index (χ1) is 6.66. The van der Waals surface area contributed by atoms with E-state index in [0.29, 0.717) is 10.5 Å². The molecule has 4 atom stereocenters. The first kappa shape index (κ1) is 10.1. The van der Waals surface area contributed by atoms with Gasteiger partial charge in [0.05, 0.1) is 0 Å². The minimum Gasteiger partial charge on any atom is -0.309 e. The Hall–Kier alpha value is -0.450. The lowest BCUT2D eigenvalue weighted by Crippen LogP contribution is -2.40. The van der Waals surface area contributed by atoms with E-state index in [1.165, 1.54) is 6.42 Å². The summed E-state index contributed by atoms with van der Waals surface area (Å²) in [5.41, 5.74) is 0. The first-order valence-electron chi connectivity index (χ1n) is 5.13. The van der Waals surface area contributed by atoms with Crippen molar-refractivity contribution >= 4 is 11.8 Å². The Balaban J connectivity index is 1.95. The molecule has 2 rings (SSSR count). The summed E-state index contributed by atoms with van der Waals surface area (Å²) in [6, 6.07) is 0. The predicted octanol–water partition coefficient (Wildman–Crippen LogP) is 2.26. The van der Waals surface area contributed by atoms with Gasteiger partial charge in [0.1, 0.15) is 6.10 Å². The van der Waals surface area contributed by atoms with Crippen molar-refractivity contribution in [3.05, 3.63) is 10.1 Å². The molecule has 0 aromatic heterocycles. The molecule has 0 radical (unpaired) electrons. The number of fused-ring (bicyclic) bond motifs is 2. The summed E-state index contributed by atoms with van der Waals surface area (Å²) in [6.45, 7) is 2.28. The second-order valence-corrected chi connectivity index (χ2v) is 5.70. The molecule has 2 bridgehead atoms. The zero-order valence-corrected chi connectivity index (χ0v) is 9.03. The second-order valence-electron chi connectivity index (χ2n) is 4.21. The molecule has 2 fully saturated rings. The Labute approximate surface area is 87.5 Å². The lowest BCUT2D eigenvalue weighted by Gasteiger charge is -2.41. The maximum Gasteiger partial charge on any atom is 0.294 e. The molecule has 0 saturated carbocycles. The molecule has 4 nitrogen and oxygen atoms in total. The number of nitrogens with zero attached hydrogens (tertiary/aromatic N) is 1. The molecule has 14 heavy (non-hydrogen) atoms.